The van der Waals surface area contributed by atoms with Crippen molar-refractivity contribution in [3.63, 3.8) is 0 Å². The number of piperazine rings is 1. The molecule has 21 heavy (non-hydrogen) atoms. The summed E-state index contributed by atoms with van der Waals surface area (Å²) in [6, 6.07) is 6.48. The molecular weight excluding hydrogens is 264 g/mol. The lowest BCUT2D eigenvalue weighted by Crippen LogP contribution is -2.45. The van der Waals surface area contributed by atoms with Crippen molar-refractivity contribution in [2.75, 3.05) is 40.4 Å². The maximum atomic E-state index is 5.63. The Labute approximate surface area is 127 Å². The third-order valence-corrected chi connectivity index (χ3v) is 4.03. The fourth-order valence-corrected chi connectivity index (χ4v) is 2.98. The zero-order chi connectivity index (χ0) is 15.1. The summed E-state index contributed by atoms with van der Waals surface area (Å²) in [5.41, 5.74) is 1.21. The molecule has 1 fully saturated rings. The van der Waals surface area contributed by atoms with E-state index in [2.05, 4.69) is 22.9 Å². The summed E-state index contributed by atoms with van der Waals surface area (Å²) in [4.78, 5) is 2.53. The number of allylic oxidation sites excluding steroid dienone is 1. The van der Waals surface area contributed by atoms with Crippen molar-refractivity contribution < 1.29 is 9.47 Å². The number of benzene rings is 1. The van der Waals surface area contributed by atoms with E-state index in [4.69, 9.17) is 9.47 Å². The van der Waals surface area contributed by atoms with Crippen molar-refractivity contribution in [3.8, 4) is 11.5 Å². The van der Waals surface area contributed by atoms with Gasteiger partial charge in [0.1, 0.15) is 0 Å². The molecule has 0 saturated carbocycles. The standard InChI is InChI=1S/C17H26N2O2/c1-4-5-8-15(19-12-10-18-11-13-19)14-7-6-9-16(20-2)17(14)21-3/h4,6-7,9,15,18H,1,5,8,10-13H2,2-3H3/t15-/m0/s1. The van der Waals surface area contributed by atoms with Gasteiger partial charge < -0.3 is 14.8 Å². The minimum Gasteiger partial charge on any atom is -0.493 e. The normalized spacial score (nSPS) is 17.2. The number of ether oxygens (including phenoxy) is 2. The molecule has 0 spiro atoms. The Bertz CT molecular complexity index is 456. The van der Waals surface area contributed by atoms with E-state index in [-0.39, 0.29) is 0 Å². The average Bonchev–Trinajstić information content (AvgIpc) is 2.55. The van der Waals surface area contributed by atoms with Crippen molar-refractivity contribution in [2.45, 2.75) is 18.9 Å². The minimum absolute atomic E-state index is 0.343. The third-order valence-electron chi connectivity index (χ3n) is 4.03. The highest BCUT2D eigenvalue weighted by molar-refractivity contribution is 5.48. The molecule has 116 valence electrons. The van der Waals surface area contributed by atoms with Crippen LogP contribution in [-0.4, -0.2) is 45.3 Å². The van der Waals surface area contributed by atoms with Gasteiger partial charge in [-0.2, -0.15) is 0 Å². The van der Waals surface area contributed by atoms with Gasteiger partial charge in [-0.15, -0.1) is 6.58 Å². The summed E-state index contributed by atoms with van der Waals surface area (Å²) >= 11 is 0. The lowest BCUT2D eigenvalue weighted by molar-refractivity contribution is 0.163. The molecule has 0 aliphatic carbocycles. The molecule has 0 aromatic heterocycles. The Balaban J connectivity index is 2.32. The van der Waals surface area contributed by atoms with Gasteiger partial charge in [-0.05, 0) is 18.9 Å². The highest BCUT2D eigenvalue weighted by Crippen LogP contribution is 2.38. The van der Waals surface area contributed by atoms with Gasteiger partial charge in [0.05, 0.1) is 14.2 Å². The van der Waals surface area contributed by atoms with E-state index in [1.54, 1.807) is 14.2 Å². The van der Waals surface area contributed by atoms with Gasteiger partial charge in [0.15, 0.2) is 11.5 Å². The summed E-state index contributed by atoms with van der Waals surface area (Å²) in [6.45, 7) is 8.05. The first-order valence-electron chi connectivity index (χ1n) is 7.58. The Morgan fingerprint density at radius 3 is 2.67 bits per heavy atom. The maximum absolute atomic E-state index is 5.63. The van der Waals surface area contributed by atoms with E-state index >= 15 is 0 Å². The lowest BCUT2D eigenvalue weighted by atomic mass is 9.98. The molecule has 1 N–H and O–H groups in total. The van der Waals surface area contributed by atoms with Crippen LogP contribution in [0, 0.1) is 0 Å². The maximum Gasteiger partial charge on any atom is 0.165 e. The molecular formula is C17H26N2O2. The molecule has 1 aliphatic heterocycles. The van der Waals surface area contributed by atoms with Crippen molar-refractivity contribution in [1.29, 1.82) is 0 Å². The number of rotatable bonds is 7. The van der Waals surface area contributed by atoms with Crippen LogP contribution in [-0.2, 0) is 0 Å². The molecule has 1 atom stereocenters. The largest absolute Gasteiger partial charge is 0.493 e. The van der Waals surface area contributed by atoms with Crippen LogP contribution in [0.4, 0.5) is 0 Å². The molecule has 4 heteroatoms. The molecule has 1 heterocycles. The molecule has 0 radical (unpaired) electrons. The lowest BCUT2D eigenvalue weighted by Gasteiger charge is -2.36. The number of hydrogen-bond acceptors (Lipinski definition) is 4. The van der Waals surface area contributed by atoms with Crippen LogP contribution in [0.3, 0.4) is 0 Å². The molecule has 1 aliphatic rings. The zero-order valence-electron chi connectivity index (χ0n) is 13.1. The molecule has 4 nitrogen and oxygen atoms in total. The van der Waals surface area contributed by atoms with E-state index < -0.39 is 0 Å². The van der Waals surface area contributed by atoms with Gasteiger partial charge in [-0.25, -0.2) is 0 Å². The van der Waals surface area contributed by atoms with Crippen LogP contribution in [0.15, 0.2) is 30.9 Å². The Hall–Kier alpha value is -1.52. The Morgan fingerprint density at radius 2 is 2.05 bits per heavy atom. The minimum atomic E-state index is 0.343. The van der Waals surface area contributed by atoms with E-state index in [1.807, 2.05) is 18.2 Å². The van der Waals surface area contributed by atoms with Crippen molar-refractivity contribution in [2.24, 2.45) is 0 Å². The van der Waals surface area contributed by atoms with Crippen LogP contribution >= 0.6 is 0 Å². The third kappa shape index (κ3) is 3.77. The number of hydrogen-bond donors (Lipinski definition) is 1. The fourth-order valence-electron chi connectivity index (χ4n) is 2.98. The first-order valence-corrected chi connectivity index (χ1v) is 7.58. The zero-order valence-corrected chi connectivity index (χ0v) is 13.1. The second kappa shape index (κ2) is 8.05. The average molecular weight is 290 g/mol. The number of nitrogens with zero attached hydrogens (tertiary/aromatic N) is 1. The van der Waals surface area contributed by atoms with E-state index in [9.17, 15) is 0 Å². The molecule has 1 saturated heterocycles. The van der Waals surface area contributed by atoms with Gasteiger partial charge in [-0.1, -0.05) is 18.2 Å². The van der Waals surface area contributed by atoms with Gasteiger partial charge in [0.25, 0.3) is 0 Å². The summed E-state index contributed by atoms with van der Waals surface area (Å²) < 4.78 is 11.1. The predicted molar refractivity (Wildman–Crippen MR) is 86.2 cm³/mol. The molecule has 2 rings (SSSR count). The van der Waals surface area contributed by atoms with E-state index in [1.165, 1.54) is 5.56 Å². The van der Waals surface area contributed by atoms with E-state index in [0.29, 0.717) is 6.04 Å². The highest BCUT2D eigenvalue weighted by Gasteiger charge is 2.25. The molecule has 0 amide bonds. The monoisotopic (exact) mass is 290 g/mol. The van der Waals surface area contributed by atoms with Crippen molar-refractivity contribution >= 4 is 0 Å². The quantitative estimate of drug-likeness (QED) is 0.783. The molecule has 0 bridgehead atoms. The number of methoxy groups -OCH3 is 2. The second-order valence-electron chi connectivity index (χ2n) is 5.25. The van der Waals surface area contributed by atoms with Gasteiger partial charge in [0, 0.05) is 37.8 Å². The fraction of sp³-hybridized carbons (Fsp3) is 0.529. The SMILES string of the molecule is C=CCC[C@@H](c1cccc(OC)c1OC)N1CCNCC1. The Morgan fingerprint density at radius 1 is 1.29 bits per heavy atom. The summed E-state index contributed by atoms with van der Waals surface area (Å²) in [5.74, 6) is 1.65. The van der Waals surface area contributed by atoms with Crippen molar-refractivity contribution in [1.82, 2.24) is 10.2 Å². The molecule has 1 aromatic rings. The summed E-state index contributed by atoms with van der Waals surface area (Å²) in [7, 11) is 3.40. The van der Waals surface area contributed by atoms with Crippen LogP contribution in [0.5, 0.6) is 11.5 Å². The topological polar surface area (TPSA) is 33.7 Å². The predicted octanol–water partition coefficient (Wildman–Crippen LogP) is 2.62. The summed E-state index contributed by atoms with van der Waals surface area (Å²) in [6.07, 6.45) is 4.03. The number of para-hydroxylation sites is 1. The van der Waals surface area contributed by atoms with Gasteiger partial charge in [0.2, 0.25) is 0 Å². The smallest absolute Gasteiger partial charge is 0.165 e. The van der Waals surface area contributed by atoms with Gasteiger partial charge >= 0.3 is 0 Å². The van der Waals surface area contributed by atoms with Crippen LogP contribution in [0.1, 0.15) is 24.4 Å². The van der Waals surface area contributed by atoms with Crippen LogP contribution in [0.25, 0.3) is 0 Å². The van der Waals surface area contributed by atoms with Gasteiger partial charge in [-0.3, -0.25) is 4.90 Å². The Kier molecular flexibility index (Phi) is 6.08. The summed E-state index contributed by atoms with van der Waals surface area (Å²) in [5, 5.41) is 3.41. The molecule has 0 unspecified atom stereocenters. The highest BCUT2D eigenvalue weighted by atomic mass is 16.5. The molecule has 1 aromatic carbocycles. The van der Waals surface area contributed by atoms with Crippen LogP contribution < -0.4 is 14.8 Å². The second-order valence-corrected chi connectivity index (χ2v) is 5.25. The van der Waals surface area contributed by atoms with E-state index in [0.717, 1.165) is 50.5 Å². The van der Waals surface area contributed by atoms with Crippen molar-refractivity contribution in [3.05, 3.63) is 36.4 Å². The first-order chi connectivity index (χ1) is 10.3. The first kappa shape index (κ1) is 15.9. The van der Waals surface area contributed by atoms with Crippen LogP contribution in [0.2, 0.25) is 0 Å². The number of nitrogens with one attached hydrogen (secondary N) is 1.